The second-order valence-electron chi connectivity index (χ2n) is 5.98. The van der Waals surface area contributed by atoms with Crippen molar-refractivity contribution in [1.82, 2.24) is 10.2 Å². The molecule has 0 unspecified atom stereocenters. The minimum absolute atomic E-state index is 0.0406. The van der Waals surface area contributed by atoms with Crippen LogP contribution in [-0.2, 0) is 11.2 Å². The van der Waals surface area contributed by atoms with Crippen molar-refractivity contribution >= 4 is 11.6 Å². The summed E-state index contributed by atoms with van der Waals surface area (Å²) in [7, 11) is 4.05. The number of amides is 1. The Morgan fingerprint density at radius 3 is 2.74 bits per heavy atom. The molecule has 19 heavy (non-hydrogen) atoms. The molecule has 1 amide bonds. The summed E-state index contributed by atoms with van der Waals surface area (Å²) < 4.78 is 0. The molecule has 1 atom stereocenters. The number of anilines is 1. The van der Waals surface area contributed by atoms with Crippen LogP contribution in [0.1, 0.15) is 19.4 Å². The molecule has 0 aromatic heterocycles. The van der Waals surface area contributed by atoms with Crippen LogP contribution in [-0.4, -0.2) is 43.0 Å². The van der Waals surface area contributed by atoms with Crippen molar-refractivity contribution in [3.05, 3.63) is 29.8 Å². The third-order valence-corrected chi connectivity index (χ3v) is 3.99. The molecular weight excluding hydrogens is 238 g/mol. The van der Waals surface area contributed by atoms with Gasteiger partial charge in [0.2, 0.25) is 5.91 Å². The zero-order valence-corrected chi connectivity index (χ0v) is 12.2. The molecule has 4 heteroatoms. The van der Waals surface area contributed by atoms with Gasteiger partial charge in [-0.15, -0.1) is 0 Å². The maximum atomic E-state index is 12.2. The molecule has 0 fully saturated rings. The first-order valence-electron chi connectivity index (χ1n) is 6.70. The second kappa shape index (κ2) is 5.21. The number of fused-ring (bicyclic) bond motifs is 1. The van der Waals surface area contributed by atoms with E-state index in [1.54, 1.807) is 0 Å². The lowest BCUT2D eigenvalue weighted by Crippen LogP contribution is -2.50. The molecule has 0 aliphatic carbocycles. The zero-order chi connectivity index (χ0) is 14.0. The van der Waals surface area contributed by atoms with Gasteiger partial charge in [-0.1, -0.05) is 18.2 Å². The van der Waals surface area contributed by atoms with E-state index >= 15 is 0 Å². The highest BCUT2D eigenvalue weighted by Crippen LogP contribution is 2.25. The summed E-state index contributed by atoms with van der Waals surface area (Å²) in [5.41, 5.74) is 2.25. The summed E-state index contributed by atoms with van der Waals surface area (Å²) in [6.07, 6.45) is 0.768. The summed E-state index contributed by atoms with van der Waals surface area (Å²) in [4.78, 5) is 14.3. The number of nitrogens with zero attached hydrogens (tertiary/aromatic N) is 1. The normalized spacial score (nSPS) is 18.1. The van der Waals surface area contributed by atoms with Gasteiger partial charge in [0.25, 0.3) is 0 Å². The number of hydrogen-bond acceptors (Lipinski definition) is 3. The van der Waals surface area contributed by atoms with E-state index in [2.05, 4.69) is 35.4 Å². The summed E-state index contributed by atoms with van der Waals surface area (Å²) >= 11 is 0. The van der Waals surface area contributed by atoms with E-state index in [4.69, 9.17) is 0 Å². The van der Waals surface area contributed by atoms with Gasteiger partial charge in [-0.3, -0.25) is 4.79 Å². The summed E-state index contributed by atoms with van der Waals surface area (Å²) in [6, 6.07) is 7.94. The minimum Gasteiger partial charge on any atom is -0.373 e. The Bertz CT molecular complexity index is 443. The summed E-state index contributed by atoms with van der Waals surface area (Å²) in [6.45, 7) is 4.88. The van der Waals surface area contributed by atoms with Crippen molar-refractivity contribution < 1.29 is 4.79 Å². The molecule has 1 aromatic carbocycles. The van der Waals surface area contributed by atoms with Gasteiger partial charge in [0, 0.05) is 24.2 Å². The highest BCUT2D eigenvalue weighted by Gasteiger charge is 2.28. The molecule has 2 N–H and O–H groups in total. The molecule has 0 saturated heterocycles. The molecule has 0 saturated carbocycles. The van der Waals surface area contributed by atoms with E-state index < -0.39 is 0 Å². The largest absolute Gasteiger partial charge is 0.373 e. The maximum Gasteiger partial charge on any atom is 0.242 e. The van der Waals surface area contributed by atoms with E-state index in [0.717, 1.165) is 12.1 Å². The van der Waals surface area contributed by atoms with Crippen LogP contribution in [0.25, 0.3) is 0 Å². The van der Waals surface area contributed by atoms with Crippen molar-refractivity contribution in [2.75, 3.05) is 26.0 Å². The first kappa shape index (κ1) is 13.9. The van der Waals surface area contributed by atoms with Crippen LogP contribution in [0, 0.1) is 0 Å². The molecule has 4 nitrogen and oxygen atoms in total. The predicted octanol–water partition coefficient (Wildman–Crippen LogP) is 1.48. The fourth-order valence-corrected chi connectivity index (χ4v) is 2.04. The van der Waals surface area contributed by atoms with Crippen LogP contribution in [0.3, 0.4) is 0 Å². The minimum atomic E-state index is -0.143. The van der Waals surface area contributed by atoms with Crippen LogP contribution in [0.4, 0.5) is 5.69 Å². The zero-order valence-electron chi connectivity index (χ0n) is 12.2. The number of hydrogen-bond donors (Lipinski definition) is 2. The van der Waals surface area contributed by atoms with Gasteiger partial charge >= 0.3 is 0 Å². The molecule has 0 radical (unpaired) electrons. The van der Waals surface area contributed by atoms with Gasteiger partial charge in [-0.2, -0.15) is 0 Å². The van der Waals surface area contributed by atoms with E-state index in [9.17, 15) is 4.79 Å². The summed E-state index contributed by atoms with van der Waals surface area (Å²) in [5, 5.41) is 6.31. The quantitative estimate of drug-likeness (QED) is 0.863. The Kier molecular flexibility index (Phi) is 3.80. The van der Waals surface area contributed by atoms with E-state index in [1.807, 2.05) is 32.3 Å². The Morgan fingerprint density at radius 1 is 1.42 bits per heavy atom. The van der Waals surface area contributed by atoms with Gasteiger partial charge in [0.05, 0.1) is 0 Å². The number of likely N-dealkylation sites (N-methyl/N-ethyl adjacent to an activating group) is 1. The molecule has 1 heterocycles. The van der Waals surface area contributed by atoms with E-state index in [1.165, 1.54) is 5.56 Å². The smallest absolute Gasteiger partial charge is 0.242 e. The molecule has 0 bridgehead atoms. The van der Waals surface area contributed by atoms with Crippen molar-refractivity contribution in [1.29, 1.82) is 0 Å². The first-order chi connectivity index (χ1) is 8.90. The number of rotatable bonds is 4. The van der Waals surface area contributed by atoms with Gasteiger partial charge < -0.3 is 15.5 Å². The summed E-state index contributed by atoms with van der Waals surface area (Å²) in [5.74, 6) is 0.0751. The lowest BCUT2D eigenvalue weighted by Gasteiger charge is -2.33. The highest BCUT2D eigenvalue weighted by atomic mass is 16.2. The monoisotopic (exact) mass is 261 g/mol. The fourth-order valence-electron chi connectivity index (χ4n) is 2.04. The Morgan fingerprint density at radius 2 is 2.11 bits per heavy atom. The molecule has 2 rings (SSSR count). The predicted molar refractivity (Wildman–Crippen MR) is 78.3 cm³/mol. The molecule has 1 aliphatic heterocycles. The van der Waals surface area contributed by atoms with Crippen molar-refractivity contribution in [2.24, 2.45) is 0 Å². The number of para-hydroxylation sites is 1. The maximum absolute atomic E-state index is 12.2. The number of carbonyl (C=O) groups is 1. The highest BCUT2D eigenvalue weighted by molar-refractivity contribution is 5.87. The average molecular weight is 261 g/mol. The fraction of sp³-hybridized carbons (Fsp3) is 0.533. The lowest BCUT2D eigenvalue weighted by atomic mass is 10.0. The molecule has 1 aliphatic rings. The third-order valence-electron chi connectivity index (χ3n) is 3.99. The Labute approximate surface area is 115 Å². The van der Waals surface area contributed by atoms with Gasteiger partial charge in [0.15, 0.2) is 0 Å². The van der Waals surface area contributed by atoms with Gasteiger partial charge in [-0.05, 0) is 39.6 Å². The standard InChI is InChI=1S/C15H23N3O/c1-15(2,18(3)4)10-16-14(19)13-9-11-7-5-6-8-12(11)17-13/h5-8,13,17H,9-10H2,1-4H3,(H,16,19)/t13-/m0/s1. The number of carbonyl (C=O) groups excluding carboxylic acids is 1. The second-order valence-corrected chi connectivity index (χ2v) is 5.98. The van der Waals surface area contributed by atoms with Crippen molar-refractivity contribution in [3.8, 4) is 0 Å². The molecule has 1 aromatic rings. The van der Waals surface area contributed by atoms with Gasteiger partial charge in [-0.25, -0.2) is 0 Å². The Balaban J connectivity index is 1.90. The molecule has 104 valence electrons. The van der Waals surface area contributed by atoms with Crippen LogP contribution in [0.5, 0.6) is 0 Å². The number of benzene rings is 1. The van der Waals surface area contributed by atoms with Gasteiger partial charge in [0.1, 0.15) is 6.04 Å². The number of nitrogens with one attached hydrogen (secondary N) is 2. The Hall–Kier alpha value is -1.55. The average Bonchev–Trinajstić information content (AvgIpc) is 2.79. The third kappa shape index (κ3) is 3.07. The van der Waals surface area contributed by atoms with Crippen LogP contribution in [0.15, 0.2) is 24.3 Å². The van der Waals surface area contributed by atoms with Crippen molar-refractivity contribution in [3.63, 3.8) is 0 Å². The lowest BCUT2D eigenvalue weighted by molar-refractivity contribution is -0.122. The van der Waals surface area contributed by atoms with Crippen LogP contribution < -0.4 is 10.6 Å². The van der Waals surface area contributed by atoms with Crippen LogP contribution >= 0.6 is 0 Å². The molecule has 0 spiro atoms. The van der Waals surface area contributed by atoms with Crippen molar-refractivity contribution in [2.45, 2.75) is 31.8 Å². The topological polar surface area (TPSA) is 44.4 Å². The van der Waals surface area contributed by atoms with E-state index in [0.29, 0.717) is 6.54 Å². The SMILES string of the molecule is CN(C)C(C)(C)CNC(=O)[C@@H]1Cc2ccccc2N1. The van der Waals surface area contributed by atoms with E-state index in [-0.39, 0.29) is 17.5 Å². The van der Waals surface area contributed by atoms with Crippen LogP contribution in [0.2, 0.25) is 0 Å². The first-order valence-corrected chi connectivity index (χ1v) is 6.70. The molecular formula is C15H23N3O.